The molecule has 0 amide bonds. The van der Waals surface area contributed by atoms with Crippen LogP contribution in [0.5, 0.6) is 0 Å². The number of methoxy groups -OCH3 is 1. The van der Waals surface area contributed by atoms with Crippen molar-refractivity contribution in [3.05, 3.63) is 64.7 Å². The van der Waals surface area contributed by atoms with E-state index in [2.05, 4.69) is 21.6 Å². The van der Waals surface area contributed by atoms with Crippen molar-refractivity contribution in [2.24, 2.45) is 0 Å². The second-order valence-electron chi connectivity index (χ2n) is 6.84. The van der Waals surface area contributed by atoms with Gasteiger partial charge in [-0.05, 0) is 67.0 Å². The summed E-state index contributed by atoms with van der Waals surface area (Å²) in [7, 11) is -2.49. The molecule has 0 heterocycles. The van der Waals surface area contributed by atoms with Gasteiger partial charge in [-0.1, -0.05) is 31.2 Å². The van der Waals surface area contributed by atoms with Gasteiger partial charge in [0.05, 0.1) is 17.6 Å². The van der Waals surface area contributed by atoms with Crippen LogP contribution in [-0.4, -0.2) is 21.5 Å². The van der Waals surface area contributed by atoms with Gasteiger partial charge in [-0.3, -0.25) is 0 Å². The van der Waals surface area contributed by atoms with E-state index in [1.807, 2.05) is 13.0 Å². The monoisotopic (exact) mass is 387 g/mol. The maximum absolute atomic E-state index is 12.9. The van der Waals surface area contributed by atoms with Crippen molar-refractivity contribution in [2.75, 3.05) is 7.11 Å². The highest BCUT2D eigenvalue weighted by molar-refractivity contribution is 7.89. The number of carbonyl (C=O) groups excluding carboxylic acids is 1. The zero-order valence-corrected chi connectivity index (χ0v) is 16.5. The Bertz CT molecular complexity index is 937. The fourth-order valence-corrected chi connectivity index (χ4v) is 4.87. The minimum absolute atomic E-state index is 0.0572. The number of esters is 1. The van der Waals surface area contributed by atoms with Crippen LogP contribution in [0.4, 0.5) is 0 Å². The molecule has 144 valence electrons. The van der Waals surface area contributed by atoms with Gasteiger partial charge in [0.25, 0.3) is 0 Å². The summed E-state index contributed by atoms with van der Waals surface area (Å²) in [5, 5.41) is 0. The fourth-order valence-electron chi connectivity index (χ4n) is 3.52. The zero-order chi connectivity index (χ0) is 19.4. The molecule has 0 radical (unpaired) electrons. The smallest absolute Gasteiger partial charge is 0.337 e. The van der Waals surface area contributed by atoms with Gasteiger partial charge in [0.2, 0.25) is 10.0 Å². The number of nitrogens with one attached hydrogen (secondary N) is 1. The Morgan fingerprint density at radius 2 is 1.85 bits per heavy atom. The lowest BCUT2D eigenvalue weighted by Crippen LogP contribution is -2.28. The summed E-state index contributed by atoms with van der Waals surface area (Å²) < 4.78 is 33.2. The molecule has 0 bridgehead atoms. The summed E-state index contributed by atoms with van der Waals surface area (Å²) in [5.41, 5.74) is 3.88. The number of ether oxygens (including phenoxy) is 1. The summed E-state index contributed by atoms with van der Waals surface area (Å²) in [6.45, 7) is 1.96. The number of sulfonamides is 1. The van der Waals surface area contributed by atoms with E-state index in [0.717, 1.165) is 18.4 Å². The highest BCUT2D eigenvalue weighted by Crippen LogP contribution is 2.27. The van der Waals surface area contributed by atoms with Gasteiger partial charge in [-0.25, -0.2) is 17.9 Å². The van der Waals surface area contributed by atoms with Gasteiger partial charge < -0.3 is 4.74 Å². The molecule has 6 heteroatoms. The lowest BCUT2D eigenvalue weighted by molar-refractivity contribution is 0.0600. The fraction of sp³-hybridized carbons (Fsp3) is 0.381. The molecule has 27 heavy (non-hydrogen) atoms. The third-order valence-corrected chi connectivity index (χ3v) is 6.52. The van der Waals surface area contributed by atoms with E-state index in [9.17, 15) is 13.2 Å². The van der Waals surface area contributed by atoms with E-state index in [1.165, 1.54) is 49.3 Å². The van der Waals surface area contributed by atoms with Crippen LogP contribution in [0.3, 0.4) is 0 Å². The average molecular weight is 388 g/mol. The van der Waals surface area contributed by atoms with Crippen molar-refractivity contribution in [3.63, 3.8) is 0 Å². The highest BCUT2D eigenvalue weighted by Gasteiger charge is 2.22. The molecule has 1 atom stereocenters. The molecule has 2 aromatic carbocycles. The van der Waals surface area contributed by atoms with Crippen LogP contribution in [0.25, 0.3) is 0 Å². The van der Waals surface area contributed by atoms with Gasteiger partial charge in [-0.2, -0.15) is 0 Å². The summed E-state index contributed by atoms with van der Waals surface area (Å²) in [4.78, 5) is 11.7. The van der Waals surface area contributed by atoms with E-state index >= 15 is 0 Å². The van der Waals surface area contributed by atoms with Crippen LogP contribution in [0, 0.1) is 0 Å². The topological polar surface area (TPSA) is 72.5 Å². The first-order valence-electron chi connectivity index (χ1n) is 9.27. The minimum atomic E-state index is -3.76. The standard InChI is InChI=1S/C21H25NO4S/c1-3-20(17-12-11-15-7-4-5-8-16(15)13-17)22-27(24,25)19-10-6-9-18(14-19)21(23)26-2/h6,9-14,20,22H,3-5,7-8H2,1-2H3/t20-/m0/s1. The van der Waals surface area contributed by atoms with Crippen molar-refractivity contribution in [1.29, 1.82) is 0 Å². The van der Waals surface area contributed by atoms with Crippen molar-refractivity contribution < 1.29 is 17.9 Å². The molecule has 1 aliphatic rings. The minimum Gasteiger partial charge on any atom is -0.465 e. The first-order valence-corrected chi connectivity index (χ1v) is 10.8. The van der Waals surface area contributed by atoms with Crippen LogP contribution in [0.1, 0.15) is 59.3 Å². The van der Waals surface area contributed by atoms with E-state index < -0.39 is 16.0 Å². The molecule has 0 unspecified atom stereocenters. The van der Waals surface area contributed by atoms with Gasteiger partial charge in [0.1, 0.15) is 0 Å². The molecule has 5 nitrogen and oxygen atoms in total. The van der Waals surface area contributed by atoms with Crippen LogP contribution < -0.4 is 4.72 Å². The first kappa shape index (κ1) is 19.6. The first-order chi connectivity index (χ1) is 12.9. The summed E-state index contributed by atoms with van der Waals surface area (Å²) in [6.07, 6.45) is 5.17. The van der Waals surface area contributed by atoms with Crippen LogP contribution in [0.2, 0.25) is 0 Å². The third-order valence-electron chi connectivity index (χ3n) is 5.05. The third kappa shape index (κ3) is 4.39. The number of fused-ring (bicyclic) bond motifs is 1. The van der Waals surface area contributed by atoms with Crippen LogP contribution in [0.15, 0.2) is 47.4 Å². The predicted octanol–water partition coefficient (Wildman–Crippen LogP) is 3.78. The van der Waals surface area contributed by atoms with Crippen LogP contribution in [-0.2, 0) is 27.6 Å². The molecular formula is C21H25NO4S. The van der Waals surface area contributed by atoms with Crippen molar-refractivity contribution in [3.8, 4) is 0 Å². The lowest BCUT2D eigenvalue weighted by Gasteiger charge is -2.21. The average Bonchev–Trinajstić information content (AvgIpc) is 2.71. The van der Waals surface area contributed by atoms with Gasteiger partial charge in [-0.15, -0.1) is 0 Å². The second kappa shape index (κ2) is 8.23. The highest BCUT2D eigenvalue weighted by atomic mass is 32.2. The van der Waals surface area contributed by atoms with E-state index in [-0.39, 0.29) is 16.5 Å². The molecule has 0 aliphatic heterocycles. The van der Waals surface area contributed by atoms with E-state index in [0.29, 0.717) is 6.42 Å². The molecule has 0 saturated heterocycles. The molecule has 0 fully saturated rings. The van der Waals surface area contributed by atoms with Crippen molar-refractivity contribution in [1.82, 2.24) is 4.72 Å². The van der Waals surface area contributed by atoms with E-state index in [1.54, 1.807) is 6.07 Å². The van der Waals surface area contributed by atoms with Gasteiger partial charge in [0, 0.05) is 6.04 Å². The Morgan fingerprint density at radius 3 is 2.56 bits per heavy atom. The molecule has 0 saturated carbocycles. The normalized spacial score (nSPS) is 15.0. The predicted molar refractivity (Wildman–Crippen MR) is 104 cm³/mol. The van der Waals surface area contributed by atoms with Crippen molar-refractivity contribution in [2.45, 2.75) is 50.0 Å². The Labute approximate surface area is 160 Å². The molecule has 1 N–H and O–H groups in total. The molecule has 3 rings (SSSR count). The second-order valence-corrected chi connectivity index (χ2v) is 8.55. The Hall–Kier alpha value is -2.18. The van der Waals surface area contributed by atoms with Gasteiger partial charge in [0.15, 0.2) is 0 Å². The molecular weight excluding hydrogens is 362 g/mol. The number of aryl methyl sites for hydroxylation is 2. The Morgan fingerprint density at radius 1 is 1.11 bits per heavy atom. The zero-order valence-electron chi connectivity index (χ0n) is 15.7. The number of benzene rings is 2. The SMILES string of the molecule is CC[C@H](NS(=O)(=O)c1cccc(C(=O)OC)c1)c1ccc2c(c1)CCCC2. The summed E-state index contributed by atoms with van der Waals surface area (Å²) >= 11 is 0. The van der Waals surface area contributed by atoms with Gasteiger partial charge >= 0.3 is 5.97 Å². The summed E-state index contributed by atoms with van der Waals surface area (Å²) in [6, 6.07) is 11.9. The molecule has 0 spiro atoms. The Balaban J connectivity index is 1.86. The summed E-state index contributed by atoms with van der Waals surface area (Å²) in [5.74, 6) is -0.561. The molecule has 1 aliphatic carbocycles. The largest absolute Gasteiger partial charge is 0.465 e. The maximum Gasteiger partial charge on any atom is 0.337 e. The quantitative estimate of drug-likeness (QED) is 0.766. The Kier molecular flexibility index (Phi) is 5.97. The van der Waals surface area contributed by atoms with E-state index in [4.69, 9.17) is 0 Å². The number of hydrogen-bond donors (Lipinski definition) is 1. The van der Waals surface area contributed by atoms with Crippen molar-refractivity contribution >= 4 is 16.0 Å². The maximum atomic E-state index is 12.9. The molecule has 0 aromatic heterocycles. The number of rotatable bonds is 6. The number of hydrogen-bond acceptors (Lipinski definition) is 4. The van der Waals surface area contributed by atoms with Crippen LogP contribution >= 0.6 is 0 Å². The molecule has 2 aromatic rings. The lowest BCUT2D eigenvalue weighted by atomic mass is 9.89. The number of carbonyl (C=O) groups is 1.